The molecule has 0 N–H and O–H groups in total. The number of hydrogen-bond acceptors (Lipinski definition) is 8. The van der Waals surface area contributed by atoms with Gasteiger partial charge in [0.25, 0.3) is 15.9 Å². The molecule has 0 unspecified atom stereocenters. The molecule has 0 spiro atoms. The number of para-hydroxylation sites is 1. The van der Waals surface area contributed by atoms with Gasteiger partial charge in [-0.1, -0.05) is 29.5 Å². The van der Waals surface area contributed by atoms with Gasteiger partial charge >= 0.3 is 0 Å². The van der Waals surface area contributed by atoms with Crippen LogP contribution in [0.1, 0.15) is 16.8 Å². The van der Waals surface area contributed by atoms with E-state index in [1.54, 1.807) is 41.3 Å². The van der Waals surface area contributed by atoms with Crippen molar-refractivity contribution in [2.75, 3.05) is 50.2 Å². The number of benzene rings is 3. The molecule has 11 heteroatoms. The van der Waals surface area contributed by atoms with Crippen LogP contribution in [0.2, 0.25) is 0 Å². The van der Waals surface area contributed by atoms with Crippen molar-refractivity contribution < 1.29 is 22.7 Å². The highest BCUT2D eigenvalue weighted by Gasteiger charge is 2.25. The van der Waals surface area contributed by atoms with Crippen molar-refractivity contribution in [2.24, 2.45) is 0 Å². The molecule has 1 amide bonds. The fraction of sp³-hybridized carbons (Fsp3) is 0.259. The first-order valence-electron chi connectivity index (χ1n) is 12.0. The van der Waals surface area contributed by atoms with Gasteiger partial charge in [-0.05, 0) is 63.5 Å². The van der Waals surface area contributed by atoms with Crippen LogP contribution in [0.4, 0.5) is 10.8 Å². The third-order valence-electron chi connectivity index (χ3n) is 6.21. The van der Waals surface area contributed by atoms with Crippen molar-refractivity contribution in [3.8, 4) is 11.5 Å². The molecule has 3 aromatic carbocycles. The topological polar surface area (TPSA) is 92.3 Å². The second-order valence-corrected chi connectivity index (χ2v) is 12.1. The number of fused-ring (bicyclic) bond motifs is 2. The minimum absolute atomic E-state index is 0.106. The predicted molar refractivity (Wildman–Crippen MR) is 149 cm³/mol. The molecular weight excluding hydrogens is 524 g/mol. The van der Waals surface area contributed by atoms with E-state index in [0.717, 1.165) is 23.2 Å². The van der Waals surface area contributed by atoms with Gasteiger partial charge in [0.1, 0.15) is 0 Å². The summed E-state index contributed by atoms with van der Waals surface area (Å²) in [7, 11) is 1.69. The summed E-state index contributed by atoms with van der Waals surface area (Å²) in [6, 6.07) is 18.6. The zero-order chi connectivity index (χ0) is 26.9. The minimum Gasteiger partial charge on any atom is -0.454 e. The molecule has 38 heavy (non-hydrogen) atoms. The summed E-state index contributed by atoms with van der Waals surface area (Å²) in [5.41, 5.74) is 1.66. The summed E-state index contributed by atoms with van der Waals surface area (Å²) in [5.74, 6) is 1.05. The van der Waals surface area contributed by atoms with Gasteiger partial charge in [-0.25, -0.2) is 13.4 Å². The van der Waals surface area contributed by atoms with Crippen molar-refractivity contribution in [2.45, 2.75) is 11.3 Å². The molecule has 1 aliphatic heterocycles. The van der Waals surface area contributed by atoms with Crippen LogP contribution in [-0.4, -0.2) is 65.2 Å². The lowest BCUT2D eigenvalue weighted by Crippen LogP contribution is -2.33. The zero-order valence-corrected chi connectivity index (χ0v) is 23.0. The van der Waals surface area contributed by atoms with E-state index < -0.39 is 10.0 Å². The third kappa shape index (κ3) is 5.17. The maximum Gasteiger partial charge on any atom is 0.264 e. The lowest BCUT2D eigenvalue weighted by molar-refractivity contribution is 0.0986. The fourth-order valence-corrected chi connectivity index (χ4v) is 6.31. The lowest BCUT2D eigenvalue weighted by Gasteiger charge is -2.22. The molecule has 0 bridgehead atoms. The second-order valence-electron chi connectivity index (χ2n) is 9.12. The van der Waals surface area contributed by atoms with Crippen LogP contribution in [0, 0.1) is 0 Å². The largest absolute Gasteiger partial charge is 0.454 e. The molecular formula is C27H28N4O5S2. The van der Waals surface area contributed by atoms with Crippen molar-refractivity contribution in [3.05, 3.63) is 72.3 Å². The Bertz CT molecular complexity index is 1510. The first kappa shape index (κ1) is 26.0. The first-order valence-corrected chi connectivity index (χ1v) is 14.3. The fourth-order valence-electron chi connectivity index (χ4n) is 4.11. The van der Waals surface area contributed by atoms with Crippen LogP contribution in [0.3, 0.4) is 0 Å². The molecule has 0 saturated heterocycles. The molecule has 0 saturated carbocycles. The molecule has 0 aliphatic carbocycles. The Morgan fingerprint density at radius 2 is 1.63 bits per heavy atom. The van der Waals surface area contributed by atoms with Crippen molar-refractivity contribution in [3.63, 3.8) is 0 Å². The van der Waals surface area contributed by atoms with Gasteiger partial charge in [0.15, 0.2) is 16.6 Å². The first-order chi connectivity index (χ1) is 18.2. The van der Waals surface area contributed by atoms with E-state index in [-0.39, 0.29) is 17.6 Å². The second kappa shape index (κ2) is 10.6. The minimum atomic E-state index is -3.78. The Morgan fingerprint density at radius 3 is 2.32 bits per heavy atom. The number of carbonyl (C=O) groups is 1. The summed E-state index contributed by atoms with van der Waals surface area (Å²) < 4.78 is 39.4. The van der Waals surface area contributed by atoms with Crippen molar-refractivity contribution in [1.29, 1.82) is 0 Å². The predicted octanol–water partition coefficient (Wildman–Crippen LogP) is 4.45. The molecule has 0 fully saturated rings. The van der Waals surface area contributed by atoms with E-state index in [0.29, 0.717) is 34.4 Å². The van der Waals surface area contributed by atoms with Gasteiger partial charge in [-0.2, -0.15) is 0 Å². The molecule has 198 valence electrons. The van der Waals surface area contributed by atoms with E-state index in [4.69, 9.17) is 14.5 Å². The van der Waals surface area contributed by atoms with Crippen molar-refractivity contribution in [1.82, 2.24) is 9.88 Å². The van der Waals surface area contributed by atoms with Crippen LogP contribution >= 0.6 is 11.3 Å². The Balaban J connectivity index is 1.42. The number of rotatable bonds is 9. The number of ether oxygens (including phenoxy) is 2. The van der Waals surface area contributed by atoms with E-state index in [2.05, 4.69) is 4.90 Å². The van der Waals surface area contributed by atoms with Crippen molar-refractivity contribution >= 4 is 48.3 Å². The Labute approximate surface area is 225 Å². The van der Waals surface area contributed by atoms with Gasteiger partial charge in [0.2, 0.25) is 6.79 Å². The zero-order valence-electron chi connectivity index (χ0n) is 21.3. The maximum absolute atomic E-state index is 13.7. The van der Waals surface area contributed by atoms with E-state index in [9.17, 15) is 13.2 Å². The van der Waals surface area contributed by atoms with E-state index in [1.165, 1.54) is 34.8 Å². The number of aromatic nitrogens is 1. The molecule has 0 atom stereocenters. The summed E-state index contributed by atoms with van der Waals surface area (Å²) in [4.78, 5) is 22.2. The van der Waals surface area contributed by atoms with Crippen LogP contribution in [0.5, 0.6) is 11.5 Å². The van der Waals surface area contributed by atoms with E-state index in [1.807, 2.05) is 32.3 Å². The highest BCUT2D eigenvalue weighted by molar-refractivity contribution is 7.92. The van der Waals surface area contributed by atoms with Crippen LogP contribution in [-0.2, 0) is 10.0 Å². The van der Waals surface area contributed by atoms with Gasteiger partial charge in [-0.3, -0.25) is 14.0 Å². The third-order valence-corrected chi connectivity index (χ3v) is 9.05. The number of hydrogen-bond donors (Lipinski definition) is 0. The van der Waals surface area contributed by atoms with Crippen LogP contribution in [0.15, 0.2) is 71.6 Å². The Hall–Kier alpha value is -3.67. The Kier molecular flexibility index (Phi) is 7.24. The summed E-state index contributed by atoms with van der Waals surface area (Å²) in [6.07, 6.45) is 0.742. The van der Waals surface area contributed by atoms with Gasteiger partial charge in [0.05, 0.1) is 20.8 Å². The maximum atomic E-state index is 13.7. The number of sulfonamides is 1. The van der Waals surface area contributed by atoms with Crippen LogP contribution < -0.4 is 18.7 Å². The average Bonchev–Trinajstić information content (AvgIpc) is 3.55. The number of nitrogens with zero attached hydrogens (tertiary/aromatic N) is 4. The monoisotopic (exact) mass is 552 g/mol. The molecule has 9 nitrogen and oxygen atoms in total. The highest BCUT2D eigenvalue weighted by atomic mass is 32.2. The number of thiazole rings is 1. The number of anilines is 2. The quantitative estimate of drug-likeness (QED) is 0.303. The Morgan fingerprint density at radius 1 is 0.947 bits per heavy atom. The molecule has 4 aromatic rings. The standard InChI is InChI=1S/C27H28N4O5S2/c1-29(2)14-7-15-31(27-28-22-16-23-24(36-18-35-23)17-25(22)37-27)26(32)19-10-12-21(13-11-19)38(33,34)30(3)20-8-5-4-6-9-20/h4-6,8-13,16-17H,7,14-15,18H2,1-3H3. The molecule has 1 aromatic heterocycles. The molecule has 1 aliphatic rings. The van der Waals surface area contributed by atoms with Gasteiger partial charge in [-0.15, -0.1) is 0 Å². The molecule has 0 radical (unpaired) electrons. The summed E-state index contributed by atoms with van der Waals surface area (Å²) in [5, 5.41) is 0.563. The van der Waals surface area contributed by atoms with E-state index >= 15 is 0 Å². The SMILES string of the molecule is CN(C)CCCN(C(=O)c1ccc(S(=O)(=O)N(C)c2ccccc2)cc1)c1nc2cc3c(cc2s1)OCO3. The smallest absolute Gasteiger partial charge is 0.264 e. The lowest BCUT2D eigenvalue weighted by atomic mass is 10.2. The highest BCUT2D eigenvalue weighted by Crippen LogP contribution is 2.40. The molecule has 5 rings (SSSR count). The normalized spacial score (nSPS) is 12.7. The molecule has 2 heterocycles. The van der Waals surface area contributed by atoms with Gasteiger partial charge < -0.3 is 14.4 Å². The van der Waals surface area contributed by atoms with Gasteiger partial charge in [0, 0.05) is 31.3 Å². The summed E-state index contributed by atoms with van der Waals surface area (Å²) in [6.45, 7) is 1.44. The average molecular weight is 553 g/mol. The number of amides is 1. The van der Waals surface area contributed by atoms with Crippen LogP contribution in [0.25, 0.3) is 10.2 Å². The number of carbonyl (C=O) groups excluding carboxylic acids is 1. The summed E-state index contributed by atoms with van der Waals surface area (Å²) >= 11 is 1.40.